The number of hydrogen-bond acceptors (Lipinski definition) is 2. The molecule has 0 aromatic carbocycles. The number of nitrogens with zero attached hydrogens (tertiary/aromatic N) is 1. The second kappa shape index (κ2) is 4.65. The van der Waals surface area contributed by atoms with Crippen LogP contribution in [-0.4, -0.2) is 39.4 Å². The number of carbonyl (C=O) groups is 1. The molecule has 3 atom stereocenters. The van der Waals surface area contributed by atoms with Gasteiger partial charge in [0.1, 0.15) is 0 Å². The van der Waals surface area contributed by atoms with Gasteiger partial charge in [-0.25, -0.2) is 0 Å². The monoisotopic (exact) mass is 289 g/mol. The SMILES string of the molecule is CC1CCCC(O)(CN2CCC(Br)C2=O)C1. The van der Waals surface area contributed by atoms with E-state index in [-0.39, 0.29) is 10.7 Å². The molecule has 0 spiro atoms. The first-order valence-electron chi connectivity index (χ1n) is 6.15. The van der Waals surface area contributed by atoms with E-state index in [4.69, 9.17) is 0 Å². The number of halogens is 1. The maximum atomic E-state index is 11.8. The zero-order valence-corrected chi connectivity index (χ0v) is 11.4. The molecule has 92 valence electrons. The van der Waals surface area contributed by atoms with Crippen molar-refractivity contribution in [1.82, 2.24) is 4.90 Å². The van der Waals surface area contributed by atoms with Crippen LogP contribution in [0.5, 0.6) is 0 Å². The number of amides is 1. The van der Waals surface area contributed by atoms with E-state index in [1.54, 1.807) is 0 Å². The molecule has 3 unspecified atom stereocenters. The van der Waals surface area contributed by atoms with Gasteiger partial charge in [0.2, 0.25) is 5.91 Å². The molecular formula is C12H20BrNO2. The molecule has 0 radical (unpaired) electrons. The summed E-state index contributed by atoms with van der Waals surface area (Å²) in [4.78, 5) is 13.6. The van der Waals surface area contributed by atoms with Crippen molar-refractivity contribution in [2.24, 2.45) is 5.92 Å². The summed E-state index contributed by atoms with van der Waals surface area (Å²) in [5.74, 6) is 0.725. The highest BCUT2D eigenvalue weighted by atomic mass is 79.9. The molecule has 1 N–H and O–H groups in total. The molecular weight excluding hydrogens is 270 g/mol. The maximum Gasteiger partial charge on any atom is 0.236 e. The van der Waals surface area contributed by atoms with Crippen LogP contribution in [0.15, 0.2) is 0 Å². The van der Waals surface area contributed by atoms with Gasteiger partial charge >= 0.3 is 0 Å². The number of aliphatic hydroxyl groups is 1. The third kappa shape index (κ3) is 2.59. The fraction of sp³-hybridized carbons (Fsp3) is 0.917. The van der Waals surface area contributed by atoms with Crippen molar-refractivity contribution in [2.45, 2.75) is 49.5 Å². The Morgan fingerprint density at radius 1 is 1.56 bits per heavy atom. The van der Waals surface area contributed by atoms with Gasteiger partial charge in [-0.3, -0.25) is 4.79 Å². The minimum absolute atomic E-state index is 0.0304. The minimum Gasteiger partial charge on any atom is -0.388 e. The van der Waals surface area contributed by atoms with Gasteiger partial charge in [-0.1, -0.05) is 35.7 Å². The normalized spacial score (nSPS) is 40.4. The Hall–Kier alpha value is -0.0900. The fourth-order valence-corrected chi connectivity index (χ4v) is 3.48. The van der Waals surface area contributed by atoms with Crippen molar-refractivity contribution >= 4 is 21.8 Å². The number of likely N-dealkylation sites (tertiary alicyclic amines) is 1. The van der Waals surface area contributed by atoms with Crippen LogP contribution < -0.4 is 0 Å². The van der Waals surface area contributed by atoms with E-state index in [9.17, 15) is 9.90 Å². The van der Waals surface area contributed by atoms with Crippen molar-refractivity contribution in [3.05, 3.63) is 0 Å². The lowest BCUT2D eigenvalue weighted by atomic mass is 9.78. The molecule has 0 aromatic rings. The largest absolute Gasteiger partial charge is 0.388 e. The zero-order chi connectivity index (χ0) is 11.8. The Bertz CT molecular complexity index is 284. The van der Waals surface area contributed by atoms with E-state index < -0.39 is 5.60 Å². The predicted octanol–water partition coefficient (Wildman–Crippen LogP) is 1.92. The standard InChI is InChI=1S/C12H20BrNO2/c1-9-3-2-5-12(16,7-9)8-14-6-4-10(13)11(14)15/h9-10,16H,2-8H2,1H3. The summed E-state index contributed by atoms with van der Waals surface area (Å²) in [5, 5.41) is 10.5. The topological polar surface area (TPSA) is 40.5 Å². The second-order valence-corrected chi connectivity index (χ2v) is 6.55. The summed E-state index contributed by atoms with van der Waals surface area (Å²) in [6, 6.07) is 0. The number of alkyl halides is 1. The van der Waals surface area contributed by atoms with Gasteiger partial charge in [-0.15, -0.1) is 0 Å². The average molecular weight is 290 g/mol. The Labute approximate surface area is 105 Å². The Morgan fingerprint density at radius 2 is 2.31 bits per heavy atom. The van der Waals surface area contributed by atoms with E-state index in [1.807, 2.05) is 4.90 Å². The van der Waals surface area contributed by atoms with E-state index in [1.165, 1.54) is 6.42 Å². The molecule has 1 aliphatic heterocycles. The molecule has 1 heterocycles. The van der Waals surface area contributed by atoms with Crippen LogP contribution in [-0.2, 0) is 4.79 Å². The summed E-state index contributed by atoms with van der Waals surface area (Å²) in [6.07, 6.45) is 4.83. The summed E-state index contributed by atoms with van der Waals surface area (Å²) >= 11 is 3.37. The van der Waals surface area contributed by atoms with Gasteiger partial charge in [-0.2, -0.15) is 0 Å². The van der Waals surface area contributed by atoms with Gasteiger partial charge in [-0.05, 0) is 25.2 Å². The van der Waals surface area contributed by atoms with Crippen molar-refractivity contribution in [2.75, 3.05) is 13.1 Å². The highest BCUT2D eigenvalue weighted by molar-refractivity contribution is 9.10. The molecule has 16 heavy (non-hydrogen) atoms. The highest BCUT2D eigenvalue weighted by Crippen LogP contribution is 2.34. The first-order valence-corrected chi connectivity index (χ1v) is 7.07. The lowest BCUT2D eigenvalue weighted by molar-refractivity contribution is -0.131. The van der Waals surface area contributed by atoms with Crippen LogP contribution in [0.25, 0.3) is 0 Å². The lowest BCUT2D eigenvalue weighted by Crippen LogP contribution is -2.46. The lowest BCUT2D eigenvalue weighted by Gasteiger charge is -2.38. The average Bonchev–Trinajstić information content (AvgIpc) is 2.49. The van der Waals surface area contributed by atoms with Crippen LogP contribution >= 0.6 is 15.9 Å². The summed E-state index contributed by atoms with van der Waals surface area (Å²) in [7, 11) is 0. The van der Waals surface area contributed by atoms with Crippen molar-refractivity contribution in [3.8, 4) is 0 Å². The third-order valence-electron chi connectivity index (χ3n) is 3.78. The molecule has 2 rings (SSSR count). The predicted molar refractivity (Wildman–Crippen MR) is 66.5 cm³/mol. The number of carbonyl (C=O) groups excluding carboxylic acids is 1. The van der Waals surface area contributed by atoms with Gasteiger partial charge in [0.15, 0.2) is 0 Å². The number of β-amino-alcohol motifs (C(OH)–C–C–N with tert-alkyl or cyclic N) is 1. The van der Waals surface area contributed by atoms with E-state index in [0.717, 1.165) is 32.2 Å². The van der Waals surface area contributed by atoms with Crippen LogP contribution in [0.4, 0.5) is 0 Å². The third-order valence-corrected chi connectivity index (χ3v) is 4.63. The van der Waals surface area contributed by atoms with Gasteiger partial charge < -0.3 is 10.0 Å². The molecule has 2 fully saturated rings. The van der Waals surface area contributed by atoms with Gasteiger partial charge in [0.05, 0.1) is 10.4 Å². The van der Waals surface area contributed by atoms with E-state index >= 15 is 0 Å². The summed E-state index contributed by atoms with van der Waals surface area (Å²) < 4.78 is 0. The highest BCUT2D eigenvalue weighted by Gasteiger charge is 2.38. The maximum absolute atomic E-state index is 11.8. The van der Waals surface area contributed by atoms with Gasteiger partial charge in [0.25, 0.3) is 0 Å². The Kier molecular flexibility index (Phi) is 3.59. The molecule has 1 amide bonds. The van der Waals surface area contributed by atoms with E-state index in [2.05, 4.69) is 22.9 Å². The summed E-state index contributed by atoms with van der Waals surface area (Å²) in [6.45, 7) is 3.49. The first kappa shape index (κ1) is 12.4. The van der Waals surface area contributed by atoms with Crippen LogP contribution in [0.1, 0.15) is 39.0 Å². The van der Waals surface area contributed by atoms with Crippen molar-refractivity contribution in [3.63, 3.8) is 0 Å². The van der Waals surface area contributed by atoms with Crippen LogP contribution in [0.2, 0.25) is 0 Å². The second-order valence-electron chi connectivity index (χ2n) is 5.44. The van der Waals surface area contributed by atoms with E-state index in [0.29, 0.717) is 12.5 Å². The quantitative estimate of drug-likeness (QED) is 0.789. The molecule has 1 saturated carbocycles. The summed E-state index contributed by atoms with van der Waals surface area (Å²) in [5.41, 5.74) is -0.635. The fourth-order valence-electron chi connectivity index (χ4n) is 2.99. The van der Waals surface area contributed by atoms with Crippen molar-refractivity contribution in [1.29, 1.82) is 0 Å². The molecule has 0 aromatic heterocycles. The molecule has 1 saturated heterocycles. The smallest absolute Gasteiger partial charge is 0.236 e. The van der Waals surface area contributed by atoms with Crippen molar-refractivity contribution < 1.29 is 9.90 Å². The first-order chi connectivity index (χ1) is 7.50. The molecule has 3 nitrogen and oxygen atoms in total. The Balaban J connectivity index is 1.95. The minimum atomic E-state index is -0.635. The number of hydrogen-bond donors (Lipinski definition) is 1. The Morgan fingerprint density at radius 3 is 2.88 bits per heavy atom. The van der Waals surface area contributed by atoms with Crippen LogP contribution in [0, 0.1) is 5.92 Å². The molecule has 1 aliphatic carbocycles. The number of rotatable bonds is 2. The molecule has 2 aliphatic rings. The van der Waals surface area contributed by atoms with Gasteiger partial charge in [0, 0.05) is 13.1 Å². The zero-order valence-electron chi connectivity index (χ0n) is 9.79. The molecule has 4 heteroatoms. The van der Waals surface area contributed by atoms with Crippen LogP contribution in [0.3, 0.4) is 0 Å². The molecule has 0 bridgehead atoms.